The number of hydrogen-bond acceptors (Lipinski definition) is 3. The monoisotopic (exact) mass is 393 g/mol. The molecule has 3 rings (SSSR count). The highest BCUT2D eigenvalue weighted by Gasteiger charge is 2.14. The number of aliphatic imine (C=N–C) groups is 1. The molecule has 0 atom stereocenters. The summed E-state index contributed by atoms with van der Waals surface area (Å²) in [5, 5.41) is 10.2. The van der Waals surface area contributed by atoms with Crippen LogP contribution in [0.2, 0.25) is 0 Å². The maximum atomic E-state index is 14.0. The van der Waals surface area contributed by atoms with Gasteiger partial charge in [-0.15, -0.1) is 0 Å². The Morgan fingerprint density at radius 1 is 1.10 bits per heavy atom. The van der Waals surface area contributed by atoms with Crippen molar-refractivity contribution in [2.75, 3.05) is 5.32 Å². The lowest BCUT2D eigenvalue weighted by Crippen LogP contribution is -2.36. The third kappa shape index (κ3) is 4.87. The predicted molar refractivity (Wildman–Crippen MR) is 112 cm³/mol. The van der Waals surface area contributed by atoms with Crippen molar-refractivity contribution in [3.63, 3.8) is 0 Å². The van der Waals surface area contributed by atoms with Crippen LogP contribution >= 0.6 is 0 Å². The number of anilines is 1. The number of amides is 1. The van der Waals surface area contributed by atoms with Crippen LogP contribution in [0.5, 0.6) is 0 Å². The number of aromatic nitrogens is 2. The van der Waals surface area contributed by atoms with Crippen molar-refractivity contribution in [1.82, 2.24) is 15.1 Å². The molecular formula is C22H24FN5O. The summed E-state index contributed by atoms with van der Waals surface area (Å²) in [6.07, 6.45) is 0. The molecule has 0 aliphatic heterocycles. The van der Waals surface area contributed by atoms with Crippen LogP contribution in [0.15, 0.2) is 53.5 Å². The van der Waals surface area contributed by atoms with Gasteiger partial charge < -0.3 is 5.32 Å². The Labute approximate surface area is 169 Å². The first-order chi connectivity index (χ1) is 13.8. The van der Waals surface area contributed by atoms with Gasteiger partial charge in [0.15, 0.2) is 0 Å². The Morgan fingerprint density at radius 2 is 1.79 bits per heavy atom. The molecule has 0 fully saturated rings. The Morgan fingerprint density at radius 3 is 2.41 bits per heavy atom. The molecule has 7 heteroatoms. The maximum absolute atomic E-state index is 14.0. The van der Waals surface area contributed by atoms with Crippen LogP contribution in [0.3, 0.4) is 0 Å². The van der Waals surface area contributed by atoms with Crippen molar-refractivity contribution in [3.05, 3.63) is 82.4 Å². The molecule has 150 valence electrons. The Kier molecular flexibility index (Phi) is 6.07. The lowest BCUT2D eigenvalue weighted by atomic mass is 10.2. The molecule has 1 heterocycles. The van der Waals surface area contributed by atoms with E-state index in [-0.39, 0.29) is 11.5 Å². The number of carbonyl (C=O) groups is 1. The number of nitrogens with one attached hydrogen (secondary N) is 2. The molecule has 1 aromatic heterocycles. The van der Waals surface area contributed by atoms with Gasteiger partial charge >= 0.3 is 0 Å². The minimum atomic E-state index is -0.585. The molecule has 0 saturated heterocycles. The zero-order valence-electron chi connectivity index (χ0n) is 17.0. The fourth-order valence-electron chi connectivity index (χ4n) is 2.91. The van der Waals surface area contributed by atoms with Crippen molar-refractivity contribution < 1.29 is 9.18 Å². The Hall–Kier alpha value is -3.48. The van der Waals surface area contributed by atoms with Gasteiger partial charge in [-0.1, -0.05) is 29.8 Å². The summed E-state index contributed by atoms with van der Waals surface area (Å²) in [7, 11) is 1.88. The van der Waals surface area contributed by atoms with Gasteiger partial charge in [0.1, 0.15) is 5.82 Å². The highest BCUT2D eigenvalue weighted by atomic mass is 19.1. The van der Waals surface area contributed by atoms with Crippen LogP contribution in [-0.2, 0) is 13.6 Å². The van der Waals surface area contributed by atoms with Crippen molar-refractivity contribution in [3.8, 4) is 0 Å². The predicted octanol–water partition coefficient (Wildman–Crippen LogP) is 3.88. The highest BCUT2D eigenvalue weighted by molar-refractivity contribution is 6.10. The van der Waals surface area contributed by atoms with Crippen LogP contribution in [0, 0.1) is 26.6 Å². The van der Waals surface area contributed by atoms with Crippen LogP contribution < -0.4 is 10.6 Å². The fourth-order valence-corrected chi connectivity index (χ4v) is 2.91. The number of nitrogens with zero attached hydrogens (tertiary/aromatic N) is 3. The van der Waals surface area contributed by atoms with E-state index in [1.54, 1.807) is 16.8 Å². The minimum Gasteiger partial charge on any atom is -0.326 e. The van der Waals surface area contributed by atoms with E-state index < -0.39 is 11.7 Å². The second kappa shape index (κ2) is 8.68. The summed E-state index contributed by atoms with van der Waals surface area (Å²) >= 11 is 0. The van der Waals surface area contributed by atoms with E-state index >= 15 is 0 Å². The molecule has 0 unspecified atom stereocenters. The molecule has 3 aromatic rings. The van der Waals surface area contributed by atoms with Crippen LogP contribution in [0.4, 0.5) is 10.1 Å². The van der Waals surface area contributed by atoms with Crippen molar-refractivity contribution in [2.24, 2.45) is 12.0 Å². The first kappa shape index (κ1) is 20.3. The SMILES string of the molecule is Cc1ccc(NC(=NCc2c(C)nn(C)c2C)NC(=O)c2ccccc2F)cc1. The molecule has 6 nitrogen and oxygen atoms in total. The summed E-state index contributed by atoms with van der Waals surface area (Å²) in [6, 6.07) is 13.5. The number of aryl methyl sites for hydroxylation is 3. The highest BCUT2D eigenvalue weighted by Crippen LogP contribution is 2.14. The van der Waals surface area contributed by atoms with Crippen molar-refractivity contribution >= 4 is 17.6 Å². The van der Waals surface area contributed by atoms with E-state index in [2.05, 4.69) is 20.7 Å². The van der Waals surface area contributed by atoms with Gasteiger partial charge in [0.2, 0.25) is 5.96 Å². The molecule has 29 heavy (non-hydrogen) atoms. The zero-order chi connectivity index (χ0) is 21.0. The second-order valence-electron chi connectivity index (χ2n) is 6.86. The minimum absolute atomic E-state index is 0.0420. The summed E-state index contributed by atoms with van der Waals surface area (Å²) < 4.78 is 15.8. The van der Waals surface area contributed by atoms with Gasteiger partial charge in [-0.05, 0) is 45.0 Å². The van der Waals surface area contributed by atoms with E-state index in [0.29, 0.717) is 6.54 Å². The summed E-state index contributed by atoms with van der Waals surface area (Å²) in [6.45, 7) is 6.21. The number of guanidine groups is 1. The van der Waals surface area contributed by atoms with E-state index in [9.17, 15) is 9.18 Å². The maximum Gasteiger partial charge on any atom is 0.260 e. The number of carbonyl (C=O) groups excluding carboxylic acids is 1. The Balaban J connectivity index is 1.87. The first-order valence-electron chi connectivity index (χ1n) is 9.28. The average molecular weight is 393 g/mol. The molecule has 0 radical (unpaired) electrons. The smallest absolute Gasteiger partial charge is 0.260 e. The molecule has 1 amide bonds. The van der Waals surface area contributed by atoms with Crippen LogP contribution in [0.1, 0.15) is 32.9 Å². The van der Waals surface area contributed by atoms with E-state index in [1.807, 2.05) is 52.1 Å². The summed E-state index contributed by atoms with van der Waals surface area (Å²) in [4.78, 5) is 17.1. The first-order valence-corrected chi connectivity index (χ1v) is 9.28. The zero-order valence-corrected chi connectivity index (χ0v) is 17.0. The number of benzene rings is 2. The van der Waals surface area contributed by atoms with Crippen molar-refractivity contribution in [2.45, 2.75) is 27.3 Å². The molecule has 0 aliphatic rings. The summed E-state index contributed by atoms with van der Waals surface area (Å²) in [5.41, 5.74) is 4.70. The molecule has 2 N–H and O–H groups in total. The van der Waals surface area contributed by atoms with Gasteiger partial charge in [0.25, 0.3) is 5.91 Å². The molecule has 0 bridgehead atoms. The van der Waals surface area contributed by atoms with Crippen molar-refractivity contribution in [1.29, 1.82) is 0 Å². The second-order valence-corrected chi connectivity index (χ2v) is 6.86. The molecular weight excluding hydrogens is 369 g/mol. The standard InChI is InChI=1S/C22H24FN5O/c1-14-9-11-17(12-10-14)25-22(24-13-19-15(2)27-28(4)16(19)3)26-21(29)18-7-5-6-8-20(18)23/h5-12H,13H2,1-4H3,(H2,24,25,26,29). The fraction of sp³-hybridized carbons (Fsp3) is 0.227. The van der Waals surface area contributed by atoms with E-state index in [4.69, 9.17) is 0 Å². The molecule has 2 aromatic carbocycles. The van der Waals surface area contributed by atoms with Gasteiger partial charge in [-0.3, -0.25) is 14.8 Å². The van der Waals surface area contributed by atoms with Gasteiger partial charge in [-0.2, -0.15) is 5.10 Å². The number of rotatable bonds is 4. The van der Waals surface area contributed by atoms with Gasteiger partial charge in [0, 0.05) is 24.0 Å². The van der Waals surface area contributed by atoms with E-state index in [1.165, 1.54) is 12.1 Å². The third-order valence-corrected chi connectivity index (χ3v) is 4.72. The normalized spacial score (nSPS) is 11.4. The van der Waals surface area contributed by atoms with Crippen LogP contribution in [0.25, 0.3) is 0 Å². The van der Waals surface area contributed by atoms with Crippen LogP contribution in [-0.4, -0.2) is 21.6 Å². The number of halogens is 1. The molecule has 0 saturated carbocycles. The third-order valence-electron chi connectivity index (χ3n) is 4.72. The lowest BCUT2D eigenvalue weighted by Gasteiger charge is -2.12. The molecule has 0 spiro atoms. The lowest BCUT2D eigenvalue weighted by molar-refractivity contribution is 0.0973. The van der Waals surface area contributed by atoms with Gasteiger partial charge in [-0.25, -0.2) is 9.38 Å². The summed E-state index contributed by atoms with van der Waals surface area (Å²) in [5.74, 6) is -0.913. The Bertz CT molecular complexity index is 1050. The quantitative estimate of drug-likeness (QED) is 0.522. The number of hydrogen-bond donors (Lipinski definition) is 2. The molecule has 0 aliphatic carbocycles. The van der Waals surface area contributed by atoms with E-state index in [0.717, 1.165) is 28.2 Å². The van der Waals surface area contributed by atoms with Gasteiger partial charge in [0.05, 0.1) is 17.8 Å². The average Bonchev–Trinajstić information content (AvgIpc) is 2.93. The largest absolute Gasteiger partial charge is 0.326 e. The topological polar surface area (TPSA) is 71.3 Å².